The van der Waals surface area contributed by atoms with Crippen LogP contribution in [0.15, 0.2) is 30.6 Å². The van der Waals surface area contributed by atoms with Crippen molar-refractivity contribution in [3.8, 4) is 0 Å². The van der Waals surface area contributed by atoms with E-state index in [4.69, 9.17) is 5.73 Å². The summed E-state index contributed by atoms with van der Waals surface area (Å²) in [7, 11) is 0. The molecule has 5 heteroatoms. The maximum Gasteiger partial charge on any atom is 0.134 e. The molecule has 21 heavy (non-hydrogen) atoms. The summed E-state index contributed by atoms with van der Waals surface area (Å²) in [6.07, 6.45) is 4.09. The van der Waals surface area contributed by atoms with Gasteiger partial charge in [0.1, 0.15) is 23.8 Å². The van der Waals surface area contributed by atoms with Crippen molar-refractivity contribution in [2.75, 3.05) is 11.1 Å². The number of aromatic nitrogens is 2. The van der Waals surface area contributed by atoms with E-state index in [1.54, 1.807) is 12.1 Å². The summed E-state index contributed by atoms with van der Waals surface area (Å²) in [6.45, 7) is 4.16. The molecule has 0 fully saturated rings. The lowest BCUT2D eigenvalue weighted by atomic mass is 10.1. The van der Waals surface area contributed by atoms with E-state index in [1.807, 2.05) is 0 Å². The van der Waals surface area contributed by atoms with Crippen LogP contribution >= 0.6 is 0 Å². The zero-order valence-corrected chi connectivity index (χ0v) is 12.4. The van der Waals surface area contributed by atoms with Crippen LogP contribution in [0.4, 0.5) is 16.0 Å². The molecule has 1 aromatic heterocycles. The third kappa shape index (κ3) is 4.15. The first kappa shape index (κ1) is 15.2. The number of nitrogens with two attached hydrogens (primary N) is 1. The fourth-order valence-electron chi connectivity index (χ4n) is 2.31. The summed E-state index contributed by atoms with van der Waals surface area (Å²) in [5.41, 5.74) is 7.96. The van der Waals surface area contributed by atoms with Crippen molar-refractivity contribution in [3.63, 3.8) is 0 Å². The lowest BCUT2D eigenvalue weighted by molar-refractivity contribution is 0.626. The van der Waals surface area contributed by atoms with Gasteiger partial charge in [-0.15, -0.1) is 0 Å². The van der Waals surface area contributed by atoms with Crippen LogP contribution in [-0.4, -0.2) is 16.0 Å². The first-order valence-corrected chi connectivity index (χ1v) is 7.20. The minimum Gasteiger partial charge on any atom is -0.383 e. The van der Waals surface area contributed by atoms with E-state index in [1.165, 1.54) is 18.5 Å². The molecule has 0 aliphatic carbocycles. The van der Waals surface area contributed by atoms with Crippen molar-refractivity contribution in [1.29, 1.82) is 0 Å². The highest BCUT2D eigenvalue weighted by Crippen LogP contribution is 2.20. The smallest absolute Gasteiger partial charge is 0.134 e. The van der Waals surface area contributed by atoms with Crippen molar-refractivity contribution in [1.82, 2.24) is 9.97 Å². The molecule has 4 nitrogen and oxygen atoms in total. The van der Waals surface area contributed by atoms with E-state index in [2.05, 4.69) is 29.1 Å². The molecule has 2 aromatic rings. The van der Waals surface area contributed by atoms with Gasteiger partial charge in [0.15, 0.2) is 0 Å². The number of nitrogens with zero attached hydrogens (tertiary/aromatic N) is 2. The zero-order valence-electron chi connectivity index (χ0n) is 12.4. The Balaban J connectivity index is 2.07. The van der Waals surface area contributed by atoms with Gasteiger partial charge < -0.3 is 11.1 Å². The monoisotopic (exact) mass is 288 g/mol. The molecule has 3 N–H and O–H groups in total. The van der Waals surface area contributed by atoms with Crippen molar-refractivity contribution in [2.45, 2.75) is 39.2 Å². The summed E-state index contributed by atoms with van der Waals surface area (Å²) >= 11 is 0. The zero-order chi connectivity index (χ0) is 15.2. The Labute approximate surface area is 124 Å². The minimum absolute atomic E-state index is 0.167. The SMILES string of the molecule is CCCc1c(N)ncnc1NC(C)Cc1ccc(F)cc1. The molecular weight excluding hydrogens is 267 g/mol. The topological polar surface area (TPSA) is 63.8 Å². The lowest BCUT2D eigenvalue weighted by Crippen LogP contribution is -2.20. The normalized spacial score (nSPS) is 12.1. The molecule has 0 bridgehead atoms. The highest BCUT2D eigenvalue weighted by atomic mass is 19.1. The summed E-state index contributed by atoms with van der Waals surface area (Å²) in [5.74, 6) is 1.11. The van der Waals surface area contributed by atoms with Gasteiger partial charge in [-0.2, -0.15) is 0 Å². The quantitative estimate of drug-likeness (QED) is 0.857. The standard InChI is InChI=1S/C16H21FN4/c1-3-4-14-15(18)19-10-20-16(14)21-11(2)9-12-5-7-13(17)8-6-12/h5-8,10-11H,3-4,9H2,1-2H3,(H3,18,19,20,21). The Kier molecular flexibility index (Phi) is 5.09. The number of benzene rings is 1. The number of hydrogen-bond donors (Lipinski definition) is 2. The third-order valence-corrected chi connectivity index (χ3v) is 3.32. The molecule has 0 aliphatic heterocycles. The van der Waals surface area contributed by atoms with Gasteiger partial charge in [-0.3, -0.25) is 0 Å². The molecule has 1 unspecified atom stereocenters. The maximum atomic E-state index is 12.9. The van der Waals surface area contributed by atoms with Crippen LogP contribution in [0.1, 0.15) is 31.4 Å². The van der Waals surface area contributed by atoms with Crippen LogP contribution < -0.4 is 11.1 Å². The van der Waals surface area contributed by atoms with E-state index in [-0.39, 0.29) is 11.9 Å². The Morgan fingerprint density at radius 3 is 2.62 bits per heavy atom. The van der Waals surface area contributed by atoms with Crippen LogP contribution in [-0.2, 0) is 12.8 Å². The van der Waals surface area contributed by atoms with Gasteiger partial charge >= 0.3 is 0 Å². The van der Waals surface area contributed by atoms with Gasteiger partial charge in [0.2, 0.25) is 0 Å². The molecule has 112 valence electrons. The predicted molar refractivity (Wildman–Crippen MR) is 83.6 cm³/mol. The molecule has 1 heterocycles. The van der Waals surface area contributed by atoms with Crippen LogP contribution in [0.3, 0.4) is 0 Å². The van der Waals surface area contributed by atoms with Gasteiger partial charge in [0, 0.05) is 11.6 Å². The Bertz CT molecular complexity index is 583. The average Bonchev–Trinajstić information content (AvgIpc) is 2.45. The number of rotatable bonds is 6. The lowest BCUT2D eigenvalue weighted by Gasteiger charge is -2.17. The molecular formula is C16H21FN4. The summed E-state index contributed by atoms with van der Waals surface area (Å²) < 4.78 is 12.9. The first-order valence-electron chi connectivity index (χ1n) is 7.20. The second-order valence-corrected chi connectivity index (χ2v) is 5.21. The van der Waals surface area contributed by atoms with E-state index in [0.29, 0.717) is 5.82 Å². The second-order valence-electron chi connectivity index (χ2n) is 5.21. The molecule has 1 aromatic carbocycles. The van der Waals surface area contributed by atoms with Gasteiger partial charge in [-0.05, 0) is 37.5 Å². The van der Waals surface area contributed by atoms with E-state index >= 15 is 0 Å². The number of anilines is 2. The highest BCUT2D eigenvalue weighted by molar-refractivity contribution is 5.55. The second kappa shape index (κ2) is 7.02. The molecule has 2 rings (SSSR count). The predicted octanol–water partition coefficient (Wildman–Crippen LogP) is 3.19. The molecule has 0 spiro atoms. The number of nitrogens with one attached hydrogen (secondary N) is 1. The Morgan fingerprint density at radius 1 is 1.24 bits per heavy atom. The van der Waals surface area contributed by atoms with Gasteiger partial charge in [-0.25, -0.2) is 14.4 Å². The third-order valence-electron chi connectivity index (χ3n) is 3.32. The number of halogens is 1. The van der Waals surface area contributed by atoms with Crippen LogP contribution in [0.2, 0.25) is 0 Å². The van der Waals surface area contributed by atoms with E-state index in [9.17, 15) is 4.39 Å². The van der Waals surface area contributed by atoms with Crippen molar-refractivity contribution < 1.29 is 4.39 Å². The maximum absolute atomic E-state index is 12.9. The minimum atomic E-state index is -0.215. The van der Waals surface area contributed by atoms with Crippen LogP contribution in [0, 0.1) is 5.82 Å². The number of hydrogen-bond acceptors (Lipinski definition) is 4. The molecule has 0 radical (unpaired) electrons. The van der Waals surface area contributed by atoms with Crippen molar-refractivity contribution in [2.24, 2.45) is 0 Å². The van der Waals surface area contributed by atoms with E-state index in [0.717, 1.165) is 36.2 Å². The Hall–Kier alpha value is -2.17. The van der Waals surface area contributed by atoms with Gasteiger partial charge in [0.25, 0.3) is 0 Å². The Morgan fingerprint density at radius 2 is 1.95 bits per heavy atom. The van der Waals surface area contributed by atoms with Gasteiger partial charge in [0.05, 0.1) is 0 Å². The molecule has 0 amide bonds. The molecule has 1 atom stereocenters. The van der Waals surface area contributed by atoms with Crippen LogP contribution in [0.5, 0.6) is 0 Å². The fraction of sp³-hybridized carbons (Fsp3) is 0.375. The summed E-state index contributed by atoms with van der Waals surface area (Å²) in [4.78, 5) is 8.34. The first-order chi connectivity index (χ1) is 10.1. The average molecular weight is 288 g/mol. The molecule has 0 saturated carbocycles. The van der Waals surface area contributed by atoms with Crippen LogP contribution in [0.25, 0.3) is 0 Å². The van der Waals surface area contributed by atoms with Crippen molar-refractivity contribution >= 4 is 11.6 Å². The molecule has 0 aliphatic rings. The van der Waals surface area contributed by atoms with Gasteiger partial charge in [-0.1, -0.05) is 25.5 Å². The molecule has 0 saturated heterocycles. The fourth-order valence-corrected chi connectivity index (χ4v) is 2.31. The summed E-state index contributed by atoms with van der Waals surface area (Å²) in [6, 6.07) is 6.73. The summed E-state index contributed by atoms with van der Waals surface area (Å²) in [5, 5.41) is 3.37. The van der Waals surface area contributed by atoms with E-state index < -0.39 is 0 Å². The van der Waals surface area contributed by atoms with Crippen molar-refractivity contribution in [3.05, 3.63) is 47.5 Å². The number of nitrogen functional groups attached to an aromatic ring is 1. The largest absolute Gasteiger partial charge is 0.383 e. The highest BCUT2D eigenvalue weighted by Gasteiger charge is 2.11.